The van der Waals surface area contributed by atoms with Crippen molar-refractivity contribution in [3.05, 3.63) is 22.7 Å². The zero-order valence-electron chi connectivity index (χ0n) is 10.3. The molecule has 94 valence electrons. The van der Waals surface area contributed by atoms with Crippen LogP contribution in [0.2, 0.25) is 0 Å². The standard InChI is InChI=1S/C11H16BrN3O2/c1-7(9-13-5-8(12)6-14-9)15-10(16)17-11(2,3)4/h5-7H,1-4H3,(H,15,16)/t7-/m1/s1. The van der Waals surface area contributed by atoms with Gasteiger partial charge in [-0.05, 0) is 43.6 Å². The molecule has 0 saturated heterocycles. The van der Waals surface area contributed by atoms with Crippen LogP contribution in [0.1, 0.15) is 39.6 Å². The van der Waals surface area contributed by atoms with Crippen molar-refractivity contribution in [1.82, 2.24) is 15.3 Å². The number of nitrogens with zero attached hydrogens (tertiary/aromatic N) is 2. The van der Waals surface area contributed by atoms with Crippen molar-refractivity contribution in [2.24, 2.45) is 0 Å². The first kappa shape index (κ1) is 13.9. The molecule has 1 amide bonds. The van der Waals surface area contributed by atoms with Gasteiger partial charge in [0.2, 0.25) is 0 Å². The average Bonchev–Trinajstić information content (AvgIpc) is 2.15. The molecule has 6 heteroatoms. The Morgan fingerprint density at radius 2 is 1.94 bits per heavy atom. The van der Waals surface area contributed by atoms with Crippen molar-refractivity contribution in [2.75, 3.05) is 0 Å². The third-order valence-corrected chi connectivity index (χ3v) is 2.17. The first-order chi connectivity index (χ1) is 7.78. The van der Waals surface area contributed by atoms with E-state index in [0.29, 0.717) is 5.82 Å². The van der Waals surface area contributed by atoms with E-state index in [4.69, 9.17) is 4.74 Å². The largest absolute Gasteiger partial charge is 0.444 e. The highest BCUT2D eigenvalue weighted by atomic mass is 79.9. The summed E-state index contributed by atoms with van der Waals surface area (Å²) < 4.78 is 5.94. The van der Waals surface area contributed by atoms with Gasteiger partial charge in [-0.3, -0.25) is 0 Å². The average molecular weight is 302 g/mol. The van der Waals surface area contributed by atoms with E-state index in [9.17, 15) is 4.79 Å². The van der Waals surface area contributed by atoms with E-state index in [0.717, 1.165) is 4.47 Å². The lowest BCUT2D eigenvalue weighted by Crippen LogP contribution is -2.34. The van der Waals surface area contributed by atoms with Gasteiger partial charge in [0.05, 0.1) is 10.5 Å². The zero-order valence-corrected chi connectivity index (χ0v) is 11.9. The van der Waals surface area contributed by atoms with Crippen LogP contribution in [0, 0.1) is 0 Å². The fraction of sp³-hybridized carbons (Fsp3) is 0.545. The van der Waals surface area contributed by atoms with Gasteiger partial charge in [0.15, 0.2) is 0 Å². The molecule has 17 heavy (non-hydrogen) atoms. The Hall–Kier alpha value is -1.17. The van der Waals surface area contributed by atoms with Crippen LogP contribution in [0.4, 0.5) is 4.79 Å². The molecule has 5 nitrogen and oxygen atoms in total. The number of alkyl carbamates (subject to hydrolysis) is 1. The van der Waals surface area contributed by atoms with Crippen LogP contribution in [0.25, 0.3) is 0 Å². The SMILES string of the molecule is C[C@@H](NC(=O)OC(C)(C)C)c1ncc(Br)cn1. The lowest BCUT2D eigenvalue weighted by Gasteiger charge is -2.21. The molecule has 0 fully saturated rings. The normalized spacial score (nSPS) is 13.0. The lowest BCUT2D eigenvalue weighted by molar-refractivity contribution is 0.0506. The minimum absolute atomic E-state index is 0.294. The summed E-state index contributed by atoms with van der Waals surface area (Å²) in [5, 5.41) is 2.67. The summed E-state index contributed by atoms with van der Waals surface area (Å²) in [4.78, 5) is 19.7. The molecule has 0 radical (unpaired) electrons. The number of hydrogen-bond acceptors (Lipinski definition) is 4. The van der Waals surface area contributed by atoms with Crippen LogP contribution in [-0.2, 0) is 4.74 Å². The Bertz CT molecular complexity index is 387. The van der Waals surface area contributed by atoms with Crippen molar-refractivity contribution in [1.29, 1.82) is 0 Å². The Balaban J connectivity index is 2.57. The fourth-order valence-electron chi connectivity index (χ4n) is 1.09. The zero-order chi connectivity index (χ0) is 13.1. The monoisotopic (exact) mass is 301 g/mol. The molecule has 0 bridgehead atoms. The number of amides is 1. The van der Waals surface area contributed by atoms with E-state index in [-0.39, 0.29) is 6.04 Å². The van der Waals surface area contributed by atoms with Crippen molar-refractivity contribution >= 4 is 22.0 Å². The van der Waals surface area contributed by atoms with Gasteiger partial charge >= 0.3 is 6.09 Å². The minimum atomic E-state index is -0.510. The maximum absolute atomic E-state index is 11.5. The number of hydrogen-bond donors (Lipinski definition) is 1. The maximum atomic E-state index is 11.5. The molecule has 1 aromatic heterocycles. The first-order valence-corrected chi connectivity index (χ1v) is 6.04. The number of rotatable bonds is 2. The number of carbonyl (C=O) groups excluding carboxylic acids is 1. The van der Waals surface area contributed by atoms with E-state index in [1.165, 1.54) is 0 Å². The third-order valence-electron chi connectivity index (χ3n) is 1.76. The van der Waals surface area contributed by atoms with E-state index >= 15 is 0 Å². The number of halogens is 1. The first-order valence-electron chi connectivity index (χ1n) is 5.25. The van der Waals surface area contributed by atoms with Gasteiger partial charge in [-0.15, -0.1) is 0 Å². The van der Waals surface area contributed by atoms with Crippen LogP contribution in [0.15, 0.2) is 16.9 Å². The summed E-state index contributed by atoms with van der Waals surface area (Å²) in [6, 6.07) is -0.294. The Morgan fingerprint density at radius 1 is 1.41 bits per heavy atom. The molecule has 0 aliphatic rings. The van der Waals surface area contributed by atoms with Crippen LogP contribution < -0.4 is 5.32 Å². The predicted octanol–water partition coefficient (Wildman–Crippen LogP) is 2.82. The Labute approximate surface area is 109 Å². The van der Waals surface area contributed by atoms with Gasteiger partial charge in [-0.25, -0.2) is 14.8 Å². The molecule has 0 aliphatic carbocycles. The summed E-state index contributed by atoms with van der Waals surface area (Å²) in [5.74, 6) is 0.541. The second-order valence-corrected chi connectivity index (χ2v) is 5.54. The van der Waals surface area contributed by atoms with Gasteiger partial charge in [0.1, 0.15) is 11.4 Å². The van der Waals surface area contributed by atoms with E-state index in [2.05, 4.69) is 31.2 Å². The molecule has 1 rings (SSSR count). The molecule has 0 aliphatic heterocycles. The van der Waals surface area contributed by atoms with Crippen molar-refractivity contribution < 1.29 is 9.53 Å². The van der Waals surface area contributed by atoms with Gasteiger partial charge in [0.25, 0.3) is 0 Å². The number of nitrogens with one attached hydrogen (secondary N) is 1. The molecule has 1 aromatic rings. The van der Waals surface area contributed by atoms with Gasteiger partial charge in [-0.2, -0.15) is 0 Å². The third kappa shape index (κ3) is 5.12. The summed E-state index contributed by atoms with van der Waals surface area (Å²) in [6.07, 6.45) is 2.79. The van der Waals surface area contributed by atoms with Crippen LogP contribution >= 0.6 is 15.9 Å². The quantitative estimate of drug-likeness (QED) is 0.912. The molecule has 0 spiro atoms. The highest BCUT2D eigenvalue weighted by Gasteiger charge is 2.19. The highest BCUT2D eigenvalue weighted by molar-refractivity contribution is 9.10. The minimum Gasteiger partial charge on any atom is -0.444 e. The number of ether oxygens (including phenoxy) is 1. The summed E-state index contributed by atoms with van der Waals surface area (Å²) in [6.45, 7) is 7.24. The van der Waals surface area contributed by atoms with Crippen molar-refractivity contribution in [2.45, 2.75) is 39.3 Å². The van der Waals surface area contributed by atoms with Crippen LogP contribution in [0.3, 0.4) is 0 Å². The van der Waals surface area contributed by atoms with Gasteiger partial charge in [0, 0.05) is 12.4 Å². The molecular weight excluding hydrogens is 286 g/mol. The van der Waals surface area contributed by atoms with Crippen molar-refractivity contribution in [3.8, 4) is 0 Å². The Kier molecular flexibility index (Phi) is 4.45. The predicted molar refractivity (Wildman–Crippen MR) is 67.5 cm³/mol. The van der Waals surface area contributed by atoms with Crippen LogP contribution in [-0.4, -0.2) is 21.7 Å². The smallest absolute Gasteiger partial charge is 0.408 e. The summed E-state index contributed by atoms with van der Waals surface area (Å²) in [7, 11) is 0. The number of carbonyl (C=O) groups is 1. The van der Waals surface area contributed by atoms with Gasteiger partial charge in [-0.1, -0.05) is 0 Å². The van der Waals surface area contributed by atoms with Crippen LogP contribution in [0.5, 0.6) is 0 Å². The molecule has 0 saturated carbocycles. The molecular formula is C11H16BrN3O2. The fourth-order valence-corrected chi connectivity index (χ4v) is 1.30. The topological polar surface area (TPSA) is 64.1 Å². The second kappa shape index (κ2) is 5.44. The molecule has 1 N–H and O–H groups in total. The second-order valence-electron chi connectivity index (χ2n) is 4.63. The van der Waals surface area contributed by atoms with Gasteiger partial charge < -0.3 is 10.1 Å². The number of aromatic nitrogens is 2. The van der Waals surface area contributed by atoms with Crippen molar-refractivity contribution in [3.63, 3.8) is 0 Å². The summed E-state index contributed by atoms with van der Waals surface area (Å²) >= 11 is 3.25. The van der Waals surface area contributed by atoms with E-state index in [1.807, 2.05) is 20.8 Å². The molecule has 0 unspecified atom stereocenters. The lowest BCUT2D eigenvalue weighted by atomic mass is 10.2. The molecule has 1 heterocycles. The molecule has 1 atom stereocenters. The highest BCUT2D eigenvalue weighted by Crippen LogP contribution is 2.12. The van der Waals surface area contributed by atoms with E-state index < -0.39 is 11.7 Å². The van der Waals surface area contributed by atoms with E-state index in [1.54, 1.807) is 19.3 Å². The summed E-state index contributed by atoms with van der Waals surface area (Å²) in [5.41, 5.74) is -0.510. The maximum Gasteiger partial charge on any atom is 0.408 e. The Morgan fingerprint density at radius 3 is 2.41 bits per heavy atom. The molecule has 0 aromatic carbocycles.